The summed E-state index contributed by atoms with van der Waals surface area (Å²) in [5.41, 5.74) is 7.53. The number of aromatic nitrogens is 4. The summed E-state index contributed by atoms with van der Waals surface area (Å²) < 4.78 is 74.8. The SMILES string of the molecule is [2H]c1c([2H])c([2H])c(-c2cccc(-c3cc(C(C)(C)C)cc(C(C)(C)C)c3)c2-[n+]2[c-]n(-c3[c-]c(Oc4[c-]c5c(cc4)c4ccccc4n5-c4cc(C([2H])([2H])C(C)(C)c5ccccc5)ccn4)ccc3)cc2)c([2H])c1[2H].[Pt]. The van der Waals surface area contributed by atoms with Gasteiger partial charge in [-0.2, -0.15) is 18.2 Å². The summed E-state index contributed by atoms with van der Waals surface area (Å²) in [6.07, 6.45) is 7.06. The molecular formula is C62H56N4OPt-2. The van der Waals surface area contributed by atoms with E-state index in [4.69, 9.17) is 16.6 Å². The molecule has 0 saturated carbocycles. The monoisotopic (exact) mass is 1070 g/mol. The average molecular weight is 1080 g/mol. The van der Waals surface area contributed by atoms with Gasteiger partial charge in [0, 0.05) is 59.4 Å². The number of rotatable bonds is 10. The van der Waals surface area contributed by atoms with Crippen molar-refractivity contribution in [2.24, 2.45) is 0 Å². The van der Waals surface area contributed by atoms with Crippen molar-refractivity contribution in [3.63, 3.8) is 0 Å². The average Bonchev–Trinajstić information content (AvgIpc) is 4.02. The van der Waals surface area contributed by atoms with Gasteiger partial charge in [-0.3, -0.25) is 4.57 Å². The predicted octanol–water partition coefficient (Wildman–Crippen LogP) is 14.9. The molecule has 0 aliphatic heterocycles. The molecule has 10 rings (SSSR count). The Morgan fingerprint density at radius 3 is 2.06 bits per heavy atom. The summed E-state index contributed by atoms with van der Waals surface area (Å²) >= 11 is 0. The molecule has 0 spiro atoms. The number of pyridine rings is 1. The molecule has 6 heteroatoms. The third-order valence-corrected chi connectivity index (χ3v) is 12.3. The summed E-state index contributed by atoms with van der Waals surface area (Å²) in [7, 11) is 0. The maximum Gasteiger partial charge on any atom is 0.267 e. The van der Waals surface area contributed by atoms with Crippen molar-refractivity contribution in [2.75, 3.05) is 0 Å². The number of ether oxygens (including phenoxy) is 1. The number of fused-ring (bicyclic) bond motifs is 3. The van der Waals surface area contributed by atoms with Crippen LogP contribution in [0.15, 0.2) is 182 Å². The molecule has 0 N–H and O–H groups in total. The summed E-state index contributed by atoms with van der Waals surface area (Å²) in [4.78, 5) is 4.80. The van der Waals surface area contributed by atoms with Gasteiger partial charge in [-0.25, -0.2) is 4.98 Å². The van der Waals surface area contributed by atoms with E-state index in [1.165, 1.54) is 0 Å². The van der Waals surface area contributed by atoms with E-state index in [2.05, 4.69) is 84.3 Å². The molecular weight excluding hydrogens is 1010 g/mol. The van der Waals surface area contributed by atoms with Crippen molar-refractivity contribution >= 4 is 21.8 Å². The molecule has 3 aromatic heterocycles. The zero-order valence-corrected chi connectivity index (χ0v) is 41.7. The number of nitrogens with zero attached hydrogens (tertiary/aromatic N) is 4. The van der Waals surface area contributed by atoms with Crippen molar-refractivity contribution < 1.29 is 40.0 Å². The van der Waals surface area contributed by atoms with Gasteiger partial charge < -0.3 is 13.9 Å². The van der Waals surface area contributed by atoms with Crippen LogP contribution >= 0.6 is 0 Å². The largest absolute Gasteiger partial charge is 0.510 e. The molecule has 342 valence electrons. The minimum atomic E-state index is -1.76. The van der Waals surface area contributed by atoms with Gasteiger partial charge in [0.15, 0.2) is 0 Å². The van der Waals surface area contributed by atoms with Crippen molar-refractivity contribution in [1.82, 2.24) is 14.1 Å². The van der Waals surface area contributed by atoms with Crippen molar-refractivity contribution in [2.45, 2.75) is 78.0 Å². The zero-order valence-electron chi connectivity index (χ0n) is 46.4. The Balaban J connectivity index is 0.00000689. The van der Waals surface area contributed by atoms with Crippen LogP contribution in [0.4, 0.5) is 0 Å². The van der Waals surface area contributed by atoms with Crippen LogP contribution in [0.5, 0.6) is 11.5 Å². The molecule has 3 heterocycles. The quantitative estimate of drug-likeness (QED) is 0.101. The maximum absolute atomic E-state index is 9.48. The molecule has 0 atom stereocenters. The van der Waals surface area contributed by atoms with Crippen molar-refractivity contribution in [3.05, 3.63) is 223 Å². The fraction of sp³-hybridized carbons (Fsp3) is 0.194. The van der Waals surface area contributed by atoms with E-state index in [0.717, 1.165) is 44.1 Å². The first-order valence-electron chi connectivity index (χ1n) is 26.1. The molecule has 68 heavy (non-hydrogen) atoms. The zero-order chi connectivity index (χ0) is 52.6. The van der Waals surface area contributed by atoms with E-state index < -0.39 is 29.9 Å². The normalized spacial score (nSPS) is 13.7. The van der Waals surface area contributed by atoms with E-state index in [-0.39, 0.29) is 49.5 Å². The van der Waals surface area contributed by atoms with Crippen molar-refractivity contribution in [3.8, 4) is 50.9 Å². The Labute approximate surface area is 425 Å². The van der Waals surface area contributed by atoms with Crippen LogP contribution < -0.4 is 9.30 Å². The molecule has 0 bridgehead atoms. The molecule has 5 nitrogen and oxygen atoms in total. The van der Waals surface area contributed by atoms with Crippen LogP contribution in [0.25, 0.3) is 61.3 Å². The molecule has 0 aliphatic rings. The summed E-state index contributed by atoms with van der Waals surface area (Å²) in [5.74, 6) is 1.40. The third kappa shape index (κ3) is 9.25. The number of hydrogen-bond acceptors (Lipinski definition) is 2. The van der Waals surface area contributed by atoms with Gasteiger partial charge in [0.05, 0.1) is 12.5 Å². The van der Waals surface area contributed by atoms with E-state index in [1.54, 1.807) is 22.9 Å². The molecule has 0 aliphatic carbocycles. The standard InChI is InChI=1S/C62H56N4O.Pt/c1-60(2,3)47-36-45(37-48(38-47)61(4,5)6)53-27-18-26-52(44-19-11-9-12-20-44)59(53)65-34-33-64(42-65)49-23-17-24-50(39-49)67-51-29-30-55-54-25-15-16-28-56(54)66(57(55)40-51)58-35-43(31-32-63-58)41-62(7,8)46-21-13-10-14-22-46;/h9-38H,41H2,1-8H3;/q-2;/i9D,11D,12D,19D,20D,41D2;. The predicted molar refractivity (Wildman–Crippen MR) is 274 cm³/mol. The summed E-state index contributed by atoms with van der Waals surface area (Å²) in [6, 6.07) is 48.2. The van der Waals surface area contributed by atoms with Crippen LogP contribution in [0.3, 0.4) is 0 Å². The Hall–Kier alpha value is -6.81. The van der Waals surface area contributed by atoms with Gasteiger partial charge >= 0.3 is 0 Å². The van der Waals surface area contributed by atoms with Gasteiger partial charge in [0.1, 0.15) is 5.82 Å². The Bertz CT molecular complexity index is 3750. The van der Waals surface area contributed by atoms with Gasteiger partial charge in [-0.05, 0) is 96.4 Å². The van der Waals surface area contributed by atoms with Crippen LogP contribution in [-0.2, 0) is 43.7 Å². The summed E-state index contributed by atoms with van der Waals surface area (Å²) in [5, 5.41) is 1.92. The Morgan fingerprint density at radius 1 is 0.647 bits per heavy atom. The first-order valence-corrected chi connectivity index (χ1v) is 22.6. The Morgan fingerprint density at radius 2 is 1.32 bits per heavy atom. The van der Waals surface area contributed by atoms with Crippen LogP contribution in [0, 0.1) is 18.5 Å². The first-order chi connectivity index (χ1) is 35.0. The van der Waals surface area contributed by atoms with Gasteiger partial charge in [-0.15, -0.1) is 29.7 Å². The molecule has 0 amide bonds. The number of imidazole rings is 1. The Kier molecular flexibility index (Phi) is 10.3. The van der Waals surface area contributed by atoms with E-state index in [9.17, 15) is 2.74 Å². The smallest absolute Gasteiger partial charge is 0.267 e. The second-order valence-corrected chi connectivity index (χ2v) is 19.6. The molecule has 0 unspecified atom stereocenters. The molecule has 0 saturated heterocycles. The third-order valence-electron chi connectivity index (χ3n) is 12.3. The fourth-order valence-corrected chi connectivity index (χ4v) is 8.68. The number of para-hydroxylation sites is 2. The minimum absolute atomic E-state index is 0. The first kappa shape index (κ1) is 38.2. The van der Waals surface area contributed by atoms with Gasteiger partial charge in [-0.1, -0.05) is 176 Å². The number of hydrogen-bond donors (Lipinski definition) is 0. The van der Waals surface area contributed by atoms with Crippen LogP contribution in [-0.4, -0.2) is 14.1 Å². The van der Waals surface area contributed by atoms with Crippen LogP contribution in [0.1, 0.15) is 87.2 Å². The fourth-order valence-electron chi connectivity index (χ4n) is 8.68. The van der Waals surface area contributed by atoms with Crippen LogP contribution in [0.2, 0.25) is 0 Å². The maximum atomic E-state index is 9.48. The number of benzene rings is 7. The molecule has 7 aromatic carbocycles. The summed E-state index contributed by atoms with van der Waals surface area (Å²) in [6.45, 7) is 17.0. The molecule has 0 fully saturated rings. The second-order valence-electron chi connectivity index (χ2n) is 19.6. The van der Waals surface area contributed by atoms with Gasteiger partial charge in [0.25, 0.3) is 6.33 Å². The minimum Gasteiger partial charge on any atom is -0.510 e. The van der Waals surface area contributed by atoms with E-state index in [0.29, 0.717) is 45.3 Å². The molecule has 10 aromatic rings. The van der Waals surface area contributed by atoms with E-state index in [1.807, 2.05) is 132 Å². The van der Waals surface area contributed by atoms with E-state index >= 15 is 0 Å². The second kappa shape index (κ2) is 18.4. The molecule has 0 radical (unpaired) electrons. The van der Waals surface area contributed by atoms with Crippen molar-refractivity contribution in [1.29, 1.82) is 0 Å². The topological polar surface area (TPSA) is 35.9 Å². The van der Waals surface area contributed by atoms with Gasteiger partial charge in [0.2, 0.25) is 0 Å².